The van der Waals surface area contributed by atoms with Gasteiger partial charge in [-0.25, -0.2) is 17.9 Å². The maximum Gasteiger partial charge on any atom is 0.417 e. The zero-order chi connectivity index (χ0) is 19.4. The van der Waals surface area contributed by atoms with Crippen LogP contribution in [0.5, 0.6) is 11.5 Å². The van der Waals surface area contributed by atoms with Crippen LogP contribution in [-0.4, -0.2) is 37.7 Å². The molecule has 1 heterocycles. The summed E-state index contributed by atoms with van der Waals surface area (Å²) in [5, 5.41) is 6.63. The predicted molar refractivity (Wildman–Crippen MR) is 99.3 cm³/mol. The normalized spacial score (nSPS) is 11.0. The molecule has 140 valence electrons. The molecule has 27 heavy (non-hydrogen) atoms. The van der Waals surface area contributed by atoms with Crippen molar-refractivity contribution in [3.63, 3.8) is 0 Å². The van der Waals surface area contributed by atoms with E-state index in [0.29, 0.717) is 5.69 Å². The molecule has 0 aliphatic heterocycles. The number of amides is 1. The van der Waals surface area contributed by atoms with Crippen molar-refractivity contribution >= 4 is 21.6 Å². The Bertz CT molecular complexity index is 1060. The molecular weight excluding hydrogens is 370 g/mol. The fraction of sp³-hybridized carbons (Fsp3) is 0.111. The van der Waals surface area contributed by atoms with Crippen LogP contribution in [0.15, 0.2) is 65.8 Å². The maximum absolute atomic E-state index is 12.0. The molecule has 3 aromatic rings. The fourth-order valence-corrected chi connectivity index (χ4v) is 2.96. The van der Waals surface area contributed by atoms with Crippen molar-refractivity contribution in [2.75, 3.05) is 18.7 Å². The second-order valence-corrected chi connectivity index (χ2v) is 7.65. The monoisotopic (exact) mass is 387 g/mol. The number of anilines is 1. The number of sulfone groups is 1. The smallest absolute Gasteiger partial charge is 0.417 e. The van der Waals surface area contributed by atoms with Gasteiger partial charge < -0.3 is 9.47 Å². The van der Waals surface area contributed by atoms with Gasteiger partial charge in [-0.3, -0.25) is 5.32 Å². The second kappa shape index (κ2) is 7.50. The van der Waals surface area contributed by atoms with E-state index in [1.807, 2.05) is 12.1 Å². The van der Waals surface area contributed by atoms with E-state index in [0.717, 1.165) is 17.7 Å². The first-order chi connectivity index (χ1) is 12.8. The number of methoxy groups -OCH3 is 1. The van der Waals surface area contributed by atoms with Gasteiger partial charge in [0.1, 0.15) is 5.75 Å². The highest BCUT2D eigenvalue weighted by Crippen LogP contribution is 2.19. The molecule has 1 N–H and O–H groups in total. The van der Waals surface area contributed by atoms with Gasteiger partial charge in [0.05, 0.1) is 30.1 Å². The number of nitrogens with one attached hydrogen (secondary N) is 1. The number of rotatable bonds is 5. The van der Waals surface area contributed by atoms with Gasteiger partial charge in [-0.15, -0.1) is 0 Å². The fourth-order valence-electron chi connectivity index (χ4n) is 2.29. The molecular formula is C18H17N3O5S. The Hall–Kier alpha value is -3.33. The lowest BCUT2D eigenvalue weighted by molar-refractivity contribution is 0.215. The summed E-state index contributed by atoms with van der Waals surface area (Å²) in [5.74, 6) is 0.959. The second-order valence-electron chi connectivity index (χ2n) is 5.63. The largest absolute Gasteiger partial charge is 0.497 e. The Balaban J connectivity index is 1.67. The van der Waals surface area contributed by atoms with Gasteiger partial charge in [-0.05, 0) is 42.5 Å². The van der Waals surface area contributed by atoms with Crippen molar-refractivity contribution in [2.24, 2.45) is 0 Å². The lowest BCUT2D eigenvalue weighted by atomic mass is 10.3. The first-order valence-electron chi connectivity index (χ1n) is 7.83. The summed E-state index contributed by atoms with van der Waals surface area (Å²) < 4.78 is 35.0. The number of ether oxygens (including phenoxy) is 2. The topological polar surface area (TPSA) is 99.5 Å². The van der Waals surface area contributed by atoms with Crippen LogP contribution in [0.4, 0.5) is 10.5 Å². The molecule has 0 saturated heterocycles. The average Bonchev–Trinajstić information content (AvgIpc) is 3.09. The minimum Gasteiger partial charge on any atom is -0.497 e. The van der Waals surface area contributed by atoms with Crippen molar-refractivity contribution in [2.45, 2.75) is 4.90 Å². The number of hydrogen-bond donors (Lipinski definition) is 1. The summed E-state index contributed by atoms with van der Waals surface area (Å²) in [4.78, 5) is 12.1. The molecule has 1 aromatic heterocycles. The molecule has 0 bridgehead atoms. The van der Waals surface area contributed by atoms with Gasteiger partial charge in [-0.2, -0.15) is 5.10 Å². The van der Waals surface area contributed by atoms with E-state index < -0.39 is 15.9 Å². The Morgan fingerprint density at radius 3 is 2.52 bits per heavy atom. The van der Waals surface area contributed by atoms with Crippen LogP contribution in [0.3, 0.4) is 0 Å². The standard InChI is InChI=1S/C18H17N3O5S/c1-25-15-8-6-14(7-9-15)21-12-16(11-19-21)26-18(22)20-13-4-3-5-17(10-13)27(2,23)24/h3-12H,1-2H3,(H,20,22). The minimum absolute atomic E-state index is 0.104. The number of hydrogen-bond acceptors (Lipinski definition) is 6. The van der Waals surface area contributed by atoms with Crippen LogP contribution >= 0.6 is 0 Å². The van der Waals surface area contributed by atoms with E-state index in [1.54, 1.807) is 36.2 Å². The first kappa shape index (κ1) is 18.5. The highest BCUT2D eigenvalue weighted by Gasteiger charge is 2.11. The summed E-state index contributed by atoms with van der Waals surface area (Å²) in [6.45, 7) is 0. The summed E-state index contributed by atoms with van der Waals surface area (Å²) in [5.41, 5.74) is 1.08. The molecule has 0 spiro atoms. The SMILES string of the molecule is COc1ccc(-n2cc(OC(=O)Nc3cccc(S(C)(=O)=O)c3)cn2)cc1. The molecule has 0 fully saturated rings. The van der Waals surface area contributed by atoms with Gasteiger partial charge >= 0.3 is 6.09 Å². The van der Waals surface area contributed by atoms with Gasteiger partial charge in [-0.1, -0.05) is 6.07 Å². The Labute approximate surface area is 156 Å². The van der Waals surface area contributed by atoms with Crippen LogP contribution in [0.2, 0.25) is 0 Å². The Kier molecular flexibility index (Phi) is 5.13. The molecule has 9 heteroatoms. The molecule has 0 aliphatic rings. The third-order valence-electron chi connectivity index (χ3n) is 3.62. The van der Waals surface area contributed by atoms with Gasteiger partial charge in [0.15, 0.2) is 15.6 Å². The molecule has 0 atom stereocenters. The third-order valence-corrected chi connectivity index (χ3v) is 4.73. The molecule has 2 aromatic carbocycles. The average molecular weight is 387 g/mol. The summed E-state index contributed by atoms with van der Waals surface area (Å²) in [6, 6.07) is 13.1. The van der Waals surface area contributed by atoms with Crippen molar-refractivity contribution in [1.82, 2.24) is 9.78 Å². The number of benzene rings is 2. The number of carbonyl (C=O) groups excluding carboxylic acids is 1. The predicted octanol–water partition coefficient (Wildman–Crippen LogP) is 2.90. The van der Waals surface area contributed by atoms with Crippen LogP contribution in [0, 0.1) is 0 Å². The number of nitrogens with zero attached hydrogens (tertiary/aromatic N) is 2. The minimum atomic E-state index is -3.37. The molecule has 8 nitrogen and oxygen atoms in total. The highest BCUT2D eigenvalue weighted by molar-refractivity contribution is 7.90. The van der Waals surface area contributed by atoms with Crippen molar-refractivity contribution < 1.29 is 22.7 Å². The number of aromatic nitrogens is 2. The molecule has 0 saturated carbocycles. The zero-order valence-electron chi connectivity index (χ0n) is 14.6. The molecule has 0 aliphatic carbocycles. The zero-order valence-corrected chi connectivity index (χ0v) is 15.4. The molecule has 3 rings (SSSR count). The molecule has 1 amide bonds. The van der Waals surface area contributed by atoms with Crippen molar-refractivity contribution in [1.29, 1.82) is 0 Å². The molecule has 0 unspecified atom stereocenters. The van der Waals surface area contributed by atoms with Crippen LogP contribution < -0.4 is 14.8 Å². The van der Waals surface area contributed by atoms with Gasteiger partial charge in [0.2, 0.25) is 0 Å². The Morgan fingerprint density at radius 1 is 1.11 bits per heavy atom. The van der Waals surface area contributed by atoms with Crippen LogP contribution in [-0.2, 0) is 9.84 Å². The van der Waals surface area contributed by atoms with E-state index in [9.17, 15) is 13.2 Å². The Morgan fingerprint density at radius 2 is 1.85 bits per heavy atom. The van der Waals surface area contributed by atoms with Gasteiger partial charge in [0.25, 0.3) is 0 Å². The summed E-state index contributed by atoms with van der Waals surface area (Å²) in [6.07, 6.45) is 3.29. The van der Waals surface area contributed by atoms with Crippen molar-refractivity contribution in [3.8, 4) is 17.2 Å². The number of carbonyl (C=O) groups is 1. The lowest BCUT2D eigenvalue weighted by Crippen LogP contribution is -2.16. The van der Waals surface area contributed by atoms with E-state index in [4.69, 9.17) is 9.47 Å². The first-order valence-corrected chi connectivity index (χ1v) is 9.72. The van der Waals surface area contributed by atoms with E-state index >= 15 is 0 Å². The van der Waals surface area contributed by atoms with E-state index in [1.165, 1.54) is 24.4 Å². The summed E-state index contributed by atoms with van der Waals surface area (Å²) >= 11 is 0. The van der Waals surface area contributed by atoms with Crippen LogP contribution in [0.25, 0.3) is 5.69 Å². The van der Waals surface area contributed by atoms with E-state index in [2.05, 4.69) is 10.4 Å². The maximum atomic E-state index is 12.0. The van der Waals surface area contributed by atoms with Gasteiger partial charge in [0, 0.05) is 11.9 Å². The van der Waals surface area contributed by atoms with Crippen LogP contribution in [0.1, 0.15) is 0 Å². The van der Waals surface area contributed by atoms with E-state index in [-0.39, 0.29) is 10.6 Å². The quantitative estimate of drug-likeness (QED) is 0.723. The summed E-state index contributed by atoms with van der Waals surface area (Å²) in [7, 11) is -1.78. The molecule has 0 radical (unpaired) electrons. The highest BCUT2D eigenvalue weighted by atomic mass is 32.2. The lowest BCUT2D eigenvalue weighted by Gasteiger charge is -2.06. The van der Waals surface area contributed by atoms with Crippen molar-refractivity contribution in [3.05, 3.63) is 60.9 Å². The third kappa shape index (κ3) is 4.64.